The van der Waals surface area contributed by atoms with Crippen LogP contribution in [0.5, 0.6) is 11.5 Å². The number of carbonyl (C=O) groups excluding carboxylic acids is 2. The lowest BCUT2D eigenvalue weighted by molar-refractivity contribution is -0.140. The van der Waals surface area contributed by atoms with Crippen LogP contribution in [-0.2, 0) is 20.7 Å². The summed E-state index contributed by atoms with van der Waals surface area (Å²) in [5.41, 5.74) is 2.35. The Hall–Kier alpha value is -3.36. The Morgan fingerprint density at radius 1 is 1.08 bits per heavy atom. The molecule has 0 unspecified atom stereocenters. The summed E-state index contributed by atoms with van der Waals surface area (Å²) < 4.78 is 16.5. The second kappa shape index (κ2) is 10.3. The van der Waals surface area contributed by atoms with E-state index in [1.54, 1.807) is 30.2 Å². The first-order valence-corrected chi connectivity index (χ1v) is 12.5. The molecule has 3 aliphatic heterocycles. The molecule has 0 radical (unpaired) electrons. The van der Waals surface area contributed by atoms with E-state index in [-0.39, 0.29) is 17.4 Å². The van der Waals surface area contributed by atoms with E-state index in [9.17, 15) is 14.7 Å². The Morgan fingerprint density at radius 3 is 2.56 bits per heavy atom. The first-order chi connectivity index (χ1) is 17.5. The van der Waals surface area contributed by atoms with Crippen LogP contribution < -0.4 is 9.47 Å². The number of hydrogen-bond acceptors (Lipinski definition) is 7. The van der Waals surface area contributed by atoms with Crippen LogP contribution in [0.4, 0.5) is 0 Å². The fraction of sp³-hybridized carbons (Fsp3) is 0.429. The third kappa shape index (κ3) is 4.70. The van der Waals surface area contributed by atoms with Gasteiger partial charge in [0.25, 0.3) is 11.7 Å². The second-order valence-electron chi connectivity index (χ2n) is 9.53. The van der Waals surface area contributed by atoms with Crippen molar-refractivity contribution in [3.63, 3.8) is 0 Å². The highest BCUT2D eigenvalue weighted by Crippen LogP contribution is 2.41. The van der Waals surface area contributed by atoms with Crippen molar-refractivity contribution in [2.75, 3.05) is 46.5 Å². The summed E-state index contributed by atoms with van der Waals surface area (Å²) in [7, 11) is 1.59. The number of aliphatic hydroxyl groups is 1. The number of carbonyl (C=O) groups is 2. The van der Waals surface area contributed by atoms with Gasteiger partial charge in [0.2, 0.25) is 0 Å². The van der Waals surface area contributed by atoms with Crippen LogP contribution in [-0.4, -0.2) is 79.2 Å². The molecule has 3 aliphatic rings. The SMILES string of the molecule is COc1ccc([C@H]2/C(=C(\O)c3ccc4c(c3)C[C@@H](C)O4)C(=O)C(=O)N2CCCN2CCOCC2)cc1. The number of amides is 1. The van der Waals surface area contributed by atoms with Crippen LogP contribution in [0.2, 0.25) is 0 Å². The second-order valence-corrected chi connectivity index (χ2v) is 9.53. The standard InChI is InChI=1S/C28H32N2O6/c1-18-16-21-17-20(6-9-23(21)36-18)26(31)24-25(19-4-7-22(34-2)8-5-19)30(28(33)27(24)32)11-3-10-29-12-14-35-15-13-29/h4-9,17-18,25,31H,3,10-16H2,1-2H3/b26-24+/t18-,25+/m1/s1. The number of hydrogen-bond donors (Lipinski definition) is 1. The van der Waals surface area contributed by atoms with Crippen LogP contribution in [0.3, 0.4) is 0 Å². The summed E-state index contributed by atoms with van der Waals surface area (Å²) in [6.07, 6.45) is 1.51. The molecule has 2 fully saturated rings. The predicted molar refractivity (Wildman–Crippen MR) is 134 cm³/mol. The molecule has 1 amide bonds. The number of aliphatic hydroxyl groups excluding tert-OH is 1. The molecular weight excluding hydrogens is 460 g/mol. The first-order valence-electron chi connectivity index (χ1n) is 12.5. The van der Waals surface area contributed by atoms with Crippen molar-refractivity contribution in [1.29, 1.82) is 0 Å². The molecule has 2 aromatic rings. The van der Waals surface area contributed by atoms with Crippen molar-refractivity contribution >= 4 is 17.4 Å². The Labute approximate surface area is 211 Å². The molecule has 0 aliphatic carbocycles. The third-order valence-electron chi connectivity index (χ3n) is 7.12. The number of morpholine rings is 1. The lowest BCUT2D eigenvalue weighted by Gasteiger charge is -2.29. The minimum atomic E-state index is -0.677. The molecule has 2 saturated heterocycles. The molecule has 0 saturated carbocycles. The highest BCUT2D eigenvalue weighted by Gasteiger charge is 2.46. The molecule has 0 spiro atoms. The predicted octanol–water partition coefficient (Wildman–Crippen LogP) is 3.16. The van der Waals surface area contributed by atoms with E-state index in [1.807, 2.05) is 31.2 Å². The van der Waals surface area contributed by atoms with Gasteiger partial charge in [-0.1, -0.05) is 12.1 Å². The van der Waals surface area contributed by atoms with E-state index >= 15 is 0 Å². The molecule has 2 atom stereocenters. The molecular formula is C28H32N2O6. The Balaban J connectivity index is 1.48. The fourth-order valence-electron chi connectivity index (χ4n) is 5.26. The van der Waals surface area contributed by atoms with Crippen LogP contribution in [0.1, 0.15) is 36.1 Å². The molecule has 190 valence electrons. The Morgan fingerprint density at radius 2 is 1.83 bits per heavy atom. The average molecular weight is 493 g/mol. The van der Waals surface area contributed by atoms with E-state index in [2.05, 4.69) is 4.90 Å². The minimum absolute atomic E-state index is 0.0636. The van der Waals surface area contributed by atoms with E-state index in [1.165, 1.54) is 0 Å². The summed E-state index contributed by atoms with van der Waals surface area (Å²) in [4.78, 5) is 30.4. The number of fused-ring (bicyclic) bond motifs is 1. The molecule has 5 rings (SSSR count). The zero-order valence-electron chi connectivity index (χ0n) is 20.7. The number of Topliss-reactive ketones (excluding diaryl/α,β-unsaturated/α-hetero) is 1. The van der Waals surface area contributed by atoms with Gasteiger partial charge in [-0.15, -0.1) is 0 Å². The molecule has 8 nitrogen and oxygen atoms in total. The van der Waals surface area contributed by atoms with Crippen LogP contribution >= 0.6 is 0 Å². The van der Waals surface area contributed by atoms with Gasteiger partial charge in [-0.25, -0.2) is 0 Å². The monoisotopic (exact) mass is 492 g/mol. The van der Waals surface area contributed by atoms with Crippen LogP contribution in [0.15, 0.2) is 48.0 Å². The average Bonchev–Trinajstić information content (AvgIpc) is 3.40. The maximum atomic E-state index is 13.3. The maximum absolute atomic E-state index is 13.3. The smallest absolute Gasteiger partial charge is 0.295 e. The topological polar surface area (TPSA) is 88.5 Å². The van der Waals surface area contributed by atoms with Crippen molar-refractivity contribution in [3.05, 3.63) is 64.7 Å². The fourth-order valence-corrected chi connectivity index (χ4v) is 5.26. The largest absolute Gasteiger partial charge is 0.507 e. The van der Waals surface area contributed by atoms with Gasteiger partial charge in [0.05, 0.1) is 31.9 Å². The molecule has 1 N–H and O–H groups in total. The highest BCUT2D eigenvalue weighted by atomic mass is 16.5. The summed E-state index contributed by atoms with van der Waals surface area (Å²) in [6, 6.07) is 12.0. The zero-order valence-corrected chi connectivity index (χ0v) is 20.7. The summed E-state index contributed by atoms with van der Waals surface area (Å²) in [5, 5.41) is 11.4. The van der Waals surface area contributed by atoms with Gasteiger partial charge in [0.1, 0.15) is 23.4 Å². The number of ketones is 1. The summed E-state index contributed by atoms with van der Waals surface area (Å²) >= 11 is 0. The quantitative estimate of drug-likeness (QED) is 0.361. The highest BCUT2D eigenvalue weighted by molar-refractivity contribution is 6.46. The van der Waals surface area contributed by atoms with Gasteiger partial charge in [-0.3, -0.25) is 14.5 Å². The lowest BCUT2D eigenvalue weighted by atomic mass is 9.94. The van der Waals surface area contributed by atoms with Crippen LogP contribution in [0.25, 0.3) is 5.76 Å². The lowest BCUT2D eigenvalue weighted by Crippen LogP contribution is -2.38. The van der Waals surface area contributed by atoms with Crippen molar-refractivity contribution in [2.24, 2.45) is 0 Å². The van der Waals surface area contributed by atoms with Crippen LogP contribution in [0, 0.1) is 0 Å². The van der Waals surface area contributed by atoms with Gasteiger partial charge in [0.15, 0.2) is 0 Å². The van der Waals surface area contributed by atoms with Gasteiger partial charge in [0, 0.05) is 38.2 Å². The molecule has 8 heteroatoms. The van der Waals surface area contributed by atoms with Gasteiger partial charge < -0.3 is 24.2 Å². The first kappa shape index (κ1) is 24.3. The Kier molecular flexibility index (Phi) is 6.98. The van der Waals surface area contributed by atoms with E-state index < -0.39 is 17.7 Å². The molecule has 0 bridgehead atoms. The van der Waals surface area contributed by atoms with Gasteiger partial charge in [-0.2, -0.15) is 0 Å². The molecule has 2 aromatic carbocycles. The van der Waals surface area contributed by atoms with E-state index in [4.69, 9.17) is 14.2 Å². The van der Waals surface area contributed by atoms with Crippen molar-refractivity contribution in [2.45, 2.75) is 31.9 Å². The molecule has 36 heavy (non-hydrogen) atoms. The van der Waals surface area contributed by atoms with E-state index in [0.717, 1.165) is 42.9 Å². The normalized spacial score (nSPS) is 23.6. The summed E-state index contributed by atoms with van der Waals surface area (Å²) in [6.45, 7) is 6.35. The molecule has 3 heterocycles. The number of benzene rings is 2. The molecule has 0 aromatic heterocycles. The van der Waals surface area contributed by atoms with Crippen molar-refractivity contribution in [1.82, 2.24) is 9.80 Å². The van der Waals surface area contributed by atoms with Crippen molar-refractivity contribution in [3.8, 4) is 11.5 Å². The Bertz CT molecular complexity index is 1170. The van der Waals surface area contributed by atoms with E-state index in [0.29, 0.717) is 37.5 Å². The number of ether oxygens (including phenoxy) is 3. The summed E-state index contributed by atoms with van der Waals surface area (Å²) in [5.74, 6) is 0.0551. The minimum Gasteiger partial charge on any atom is -0.507 e. The maximum Gasteiger partial charge on any atom is 0.295 e. The number of rotatable bonds is 7. The number of methoxy groups -OCH3 is 1. The third-order valence-corrected chi connectivity index (χ3v) is 7.12. The number of likely N-dealkylation sites (tertiary alicyclic amines) is 1. The van der Waals surface area contributed by atoms with Crippen molar-refractivity contribution < 1.29 is 28.9 Å². The zero-order chi connectivity index (χ0) is 25.2. The van der Waals surface area contributed by atoms with Gasteiger partial charge >= 0.3 is 0 Å². The number of nitrogens with zero attached hydrogens (tertiary/aromatic N) is 2. The van der Waals surface area contributed by atoms with Gasteiger partial charge in [-0.05, 0) is 54.8 Å².